The highest BCUT2D eigenvalue weighted by Gasteiger charge is 2.13. The summed E-state index contributed by atoms with van der Waals surface area (Å²) in [5.41, 5.74) is 5.46. The minimum atomic E-state index is -3.21. The van der Waals surface area contributed by atoms with Crippen LogP contribution in [0.25, 0.3) is 0 Å². The van der Waals surface area contributed by atoms with E-state index in [1.807, 2.05) is 0 Å². The van der Waals surface area contributed by atoms with E-state index in [0.717, 1.165) is 6.26 Å². The van der Waals surface area contributed by atoms with Crippen molar-refractivity contribution in [1.82, 2.24) is 10.0 Å². The maximum absolute atomic E-state index is 11.3. The molecule has 0 aliphatic carbocycles. The Hall–Kier alpha value is -1.19. The number of sulfonamides is 1. The third kappa shape index (κ3) is 10.00. The van der Waals surface area contributed by atoms with Gasteiger partial charge in [0.05, 0.1) is 12.3 Å². The van der Waals surface area contributed by atoms with E-state index in [2.05, 4.69) is 10.0 Å². The van der Waals surface area contributed by atoms with E-state index in [-0.39, 0.29) is 25.9 Å². The highest BCUT2D eigenvalue weighted by Crippen LogP contribution is 1.94. The summed E-state index contributed by atoms with van der Waals surface area (Å²) in [6.45, 7) is 0.506. The number of nitrogens with two attached hydrogens (primary N) is 1. The topological polar surface area (TPSA) is 139 Å². The SMILES string of the molecule is CS(=O)(=O)NCCCNC(=O)C(N)CCC(=O)O. The summed E-state index contributed by atoms with van der Waals surface area (Å²) >= 11 is 0. The molecule has 106 valence electrons. The Kier molecular flexibility index (Phi) is 7.48. The Labute approximate surface area is 106 Å². The van der Waals surface area contributed by atoms with Gasteiger partial charge in [-0.05, 0) is 12.8 Å². The average molecular weight is 281 g/mol. The van der Waals surface area contributed by atoms with Crippen LogP contribution in [0.1, 0.15) is 19.3 Å². The lowest BCUT2D eigenvalue weighted by Gasteiger charge is -2.11. The summed E-state index contributed by atoms with van der Waals surface area (Å²) in [5.74, 6) is -1.44. The van der Waals surface area contributed by atoms with Crippen LogP contribution in [0, 0.1) is 0 Å². The summed E-state index contributed by atoms with van der Waals surface area (Å²) in [4.78, 5) is 21.6. The second-order valence-corrected chi connectivity index (χ2v) is 5.68. The molecule has 0 rings (SSSR count). The lowest BCUT2D eigenvalue weighted by molar-refractivity contribution is -0.137. The molecule has 0 fully saturated rings. The van der Waals surface area contributed by atoms with Gasteiger partial charge < -0.3 is 16.2 Å². The van der Waals surface area contributed by atoms with Crippen molar-refractivity contribution in [2.75, 3.05) is 19.3 Å². The van der Waals surface area contributed by atoms with Crippen molar-refractivity contribution in [3.05, 3.63) is 0 Å². The minimum absolute atomic E-state index is 0.0722. The van der Waals surface area contributed by atoms with Gasteiger partial charge in [0, 0.05) is 19.5 Å². The number of aliphatic carboxylic acids is 1. The van der Waals surface area contributed by atoms with Crippen LogP contribution in [0.3, 0.4) is 0 Å². The molecule has 8 nitrogen and oxygen atoms in total. The highest BCUT2D eigenvalue weighted by molar-refractivity contribution is 7.88. The first kappa shape index (κ1) is 16.8. The van der Waals surface area contributed by atoms with Crippen molar-refractivity contribution < 1.29 is 23.1 Å². The van der Waals surface area contributed by atoms with Gasteiger partial charge in [0.15, 0.2) is 0 Å². The molecule has 0 saturated heterocycles. The molecule has 0 spiro atoms. The summed E-state index contributed by atoms with van der Waals surface area (Å²) in [6, 6.07) is -0.857. The molecule has 0 bridgehead atoms. The van der Waals surface area contributed by atoms with Crippen molar-refractivity contribution in [1.29, 1.82) is 0 Å². The van der Waals surface area contributed by atoms with E-state index in [1.165, 1.54) is 0 Å². The zero-order chi connectivity index (χ0) is 14.2. The van der Waals surface area contributed by atoms with Crippen molar-refractivity contribution >= 4 is 21.9 Å². The van der Waals surface area contributed by atoms with Gasteiger partial charge in [-0.2, -0.15) is 0 Å². The summed E-state index contributed by atoms with van der Waals surface area (Å²) in [7, 11) is -3.21. The quantitative estimate of drug-likeness (QED) is 0.369. The van der Waals surface area contributed by atoms with Crippen molar-refractivity contribution in [3.63, 3.8) is 0 Å². The molecule has 1 unspecified atom stereocenters. The molecule has 9 heteroatoms. The summed E-state index contributed by atoms with van der Waals surface area (Å²) in [5, 5.41) is 10.9. The molecule has 0 aromatic heterocycles. The van der Waals surface area contributed by atoms with Gasteiger partial charge in [0.2, 0.25) is 15.9 Å². The zero-order valence-corrected chi connectivity index (χ0v) is 11.0. The third-order valence-corrected chi connectivity index (χ3v) is 2.75. The Balaban J connectivity index is 3.67. The minimum Gasteiger partial charge on any atom is -0.481 e. The average Bonchev–Trinajstić information content (AvgIpc) is 2.23. The van der Waals surface area contributed by atoms with Gasteiger partial charge in [-0.3, -0.25) is 9.59 Å². The number of amides is 1. The molecule has 18 heavy (non-hydrogen) atoms. The van der Waals surface area contributed by atoms with Crippen LogP contribution in [0.2, 0.25) is 0 Å². The van der Waals surface area contributed by atoms with Gasteiger partial charge in [-0.1, -0.05) is 0 Å². The predicted molar refractivity (Wildman–Crippen MR) is 65.3 cm³/mol. The largest absolute Gasteiger partial charge is 0.481 e. The van der Waals surface area contributed by atoms with E-state index in [1.54, 1.807) is 0 Å². The smallest absolute Gasteiger partial charge is 0.303 e. The van der Waals surface area contributed by atoms with Crippen LogP contribution < -0.4 is 15.8 Å². The second-order valence-electron chi connectivity index (χ2n) is 3.85. The lowest BCUT2D eigenvalue weighted by Crippen LogP contribution is -2.41. The van der Waals surface area contributed by atoms with E-state index in [4.69, 9.17) is 10.8 Å². The number of carbonyl (C=O) groups excluding carboxylic acids is 1. The van der Waals surface area contributed by atoms with E-state index < -0.39 is 27.9 Å². The van der Waals surface area contributed by atoms with Crippen LogP contribution in [-0.2, 0) is 19.6 Å². The second kappa shape index (κ2) is 8.01. The van der Waals surface area contributed by atoms with E-state index >= 15 is 0 Å². The zero-order valence-electron chi connectivity index (χ0n) is 10.2. The maximum atomic E-state index is 11.3. The van der Waals surface area contributed by atoms with Crippen LogP contribution in [0.15, 0.2) is 0 Å². The number of carbonyl (C=O) groups is 2. The molecule has 0 saturated carbocycles. The molecule has 0 radical (unpaired) electrons. The Morgan fingerprint density at radius 1 is 1.33 bits per heavy atom. The Morgan fingerprint density at radius 3 is 2.44 bits per heavy atom. The molecule has 0 aromatic carbocycles. The third-order valence-electron chi connectivity index (χ3n) is 2.02. The van der Waals surface area contributed by atoms with Crippen molar-refractivity contribution in [2.45, 2.75) is 25.3 Å². The first-order valence-corrected chi connectivity index (χ1v) is 7.31. The molecule has 1 amide bonds. The molecule has 5 N–H and O–H groups in total. The number of rotatable bonds is 9. The Bertz CT molecular complexity index is 382. The predicted octanol–water partition coefficient (Wildman–Crippen LogP) is -1.77. The molecule has 0 aliphatic rings. The summed E-state index contributed by atoms with van der Waals surface area (Å²) < 4.78 is 23.7. The summed E-state index contributed by atoms with van der Waals surface area (Å²) in [6.07, 6.45) is 1.39. The maximum Gasteiger partial charge on any atom is 0.303 e. The van der Waals surface area contributed by atoms with Crippen molar-refractivity contribution in [3.8, 4) is 0 Å². The van der Waals surface area contributed by atoms with Crippen LogP contribution in [-0.4, -0.2) is 50.8 Å². The highest BCUT2D eigenvalue weighted by atomic mass is 32.2. The number of nitrogens with one attached hydrogen (secondary N) is 2. The van der Waals surface area contributed by atoms with Gasteiger partial charge in [0.25, 0.3) is 0 Å². The Morgan fingerprint density at radius 2 is 1.94 bits per heavy atom. The van der Waals surface area contributed by atoms with Crippen LogP contribution in [0.5, 0.6) is 0 Å². The van der Waals surface area contributed by atoms with Crippen LogP contribution in [0.4, 0.5) is 0 Å². The van der Waals surface area contributed by atoms with Crippen LogP contribution >= 0.6 is 0 Å². The first-order valence-electron chi connectivity index (χ1n) is 5.42. The molecule has 0 heterocycles. The first-order chi connectivity index (χ1) is 8.22. The fraction of sp³-hybridized carbons (Fsp3) is 0.778. The molecule has 0 aromatic rings. The van der Waals surface area contributed by atoms with Gasteiger partial charge in [-0.15, -0.1) is 0 Å². The van der Waals surface area contributed by atoms with E-state index in [9.17, 15) is 18.0 Å². The standard InChI is InChI=1S/C9H19N3O5S/c1-18(16,17)12-6-2-5-11-9(15)7(10)3-4-8(13)14/h7,12H,2-6,10H2,1H3,(H,11,15)(H,13,14). The van der Waals surface area contributed by atoms with E-state index in [0.29, 0.717) is 6.42 Å². The number of hydrogen-bond acceptors (Lipinski definition) is 5. The molecular formula is C9H19N3O5S. The van der Waals surface area contributed by atoms with Crippen molar-refractivity contribution in [2.24, 2.45) is 5.73 Å². The lowest BCUT2D eigenvalue weighted by atomic mass is 10.1. The van der Waals surface area contributed by atoms with Gasteiger partial charge in [-0.25, -0.2) is 13.1 Å². The fourth-order valence-electron chi connectivity index (χ4n) is 1.10. The molecule has 0 aliphatic heterocycles. The normalized spacial score (nSPS) is 13.0. The van der Waals surface area contributed by atoms with Gasteiger partial charge >= 0.3 is 5.97 Å². The number of carboxylic acid groups (broad SMARTS) is 1. The monoisotopic (exact) mass is 281 g/mol. The molecule has 1 atom stereocenters. The number of carboxylic acids is 1. The fourth-order valence-corrected chi connectivity index (χ4v) is 1.61. The molecular weight excluding hydrogens is 262 g/mol. The number of hydrogen-bond donors (Lipinski definition) is 4. The van der Waals surface area contributed by atoms with Gasteiger partial charge in [0.1, 0.15) is 0 Å².